The summed E-state index contributed by atoms with van der Waals surface area (Å²) in [7, 11) is -3.68. The Morgan fingerprint density at radius 1 is 0.926 bits per heavy atom. The number of hydrogen-bond acceptors (Lipinski definition) is 5. The quantitative estimate of drug-likeness (QED) is 0.654. The van der Waals surface area contributed by atoms with Crippen LogP contribution in [-0.4, -0.2) is 34.3 Å². The maximum Gasteiger partial charge on any atom is 0.314 e. The van der Waals surface area contributed by atoms with Crippen molar-refractivity contribution >= 4 is 16.1 Å². The van der Waals surface area contributed by atoms with E-state index in [-0.39, 0.29) is 17.7 Å². The number of urea groups is 1. The predicted molar refractivity (Wildman–Crippen MR) is 99.2 cm³/mol. The van der Waals surface area contributed by atoms with Crippen LogP contribution in [0.25, 0.3) is 0 Å². The molecule has 0 saturated carbocycles. The number of sulfonamides is 1. The molecular weight excluding hydrogens is 370 g/mol. The number of carbonyl (C=O) groups excluding carboxylic acids is 1. The molecule has 0 radical (unpaired) electrons. The summed E-state index contributed by atoms with van der Waals surface area (Å²) < 4.78 is 33.0. The SMILES string of the molecule is NS(=O)(=O)c1ccc(CCNC(=O)NCCc2ccc3c(c2)OCO3)cc1. The van der Waals surface area contributed by atoms with Crippen molar-refractivity contribution in [1.29, 1.82) is 0 Å². The summed E-state index contributed by atoms with van der Waals surface area (Å²) in [5.41, 5.74) is 1.96. The highest BCUT2D eigenvalue weighted by Gasteiger charge is 2.13. The molecule has 0 aliphatic carbocycles. The highest BCUT2D eigenvalue weighted by Crippen LogP contribution is 2.32. The van der Waals surface area contributed by atoms with E-state index in [0.29, 0.717) is 25.9 Å². The van der Waals surface area contributed by atoms with Crippen molar-refractivity contribution in [3.05, 3.63) is 53.6 Å². The van der Waals surface area contributed by atoms with Gasteiger partial charge in [0, 0.05) is 13.1 Å². The van der Waals surface area contributed by atoms with E-state index in [4.69, 9.17) is 14.6 Å². The second-order valence-electron chi connectivity index (χ2n) is 6.06. The maximum absolute atomic E-state index is 11.8. The summed E-state index contributed by atoms with van der Waals surface area (Å²) in [5.74, 6) is 1.46. The van der Waals surface area contributed by atoms with Crippen LogP contribution in [0.1, 0.15) is 11.1 Å². The first-order chi connectivity index (χ1) is 12.9. The summed E-state index contributed by atoms with van der Waals surface area (Å²) in [6.45, 7) is 1.17. The molecule has 2 aromatic carbocycles. The topological polar surface area (TPSA) is 120 Å². The smallest absolute Gasteiger partial charge is 0.314 e. The molecule has 0 fully saturated rings. The van der Waals surface area contributed by atoms with Crippen molar-refractivity contribution in [3.8, 4) is 11.5 Å². The van der Waals surface area contributed by atoms with Crippen molar-refractivity contribution < 1.29 is 22.7 Å². The minimum absolute atomic E-state index is 0.0699. The minimum atomic E-state index is -3.68. The Labute approximate surface area is 157 Å². The van der Waals surface area contributed by atoms with Crippen LogP contribution in [-0.2, 0) is 22.9 Å². The average Bonchev–Trinajstić information content (AvgIpc) is 3.09. The molecule has 1 heterocycles. The highest BCUT2D eigenvalue weighted by molar-refractivity contribution is 7.89. The number of hydrogen-bond donors (Lipinski definition) is 3. The molecule has 0 saturated heterocycles. The molecule has 0 unspecified atom stereocenters. The summed E-state index contributed by atoms with van der Waals surface area (Å²) in [5, 5.41) is 10.6. The van der Waals surface area contributed by atoms with E-state index in [0.717, 1.165) is 22.6 Å². The number of nitrogens with two attached hydrogens (primary N) is 1. The van der Waals surface area contributed by atoms with Crippen LogP contribution in [0.5, 0.6) is 11.5 Å². The third-order valence-electron chi connectivity index (χ3n) is 4.09. The minimum Gasteiger partial charge on any atom is -0.454 e. The Balaban J connectivity index is 1.36. The molecule has 2 aromatic rings. The normalized spacial score (nSPS) is 12.6. The lowest BCUT2D eigenvalue weighted by atomic mass is 10.1. The summed E-state index contributed by atoms with van der Waals surface area (Å²) in [6, 6.07) is 11.7. The number of benzene rings is 2. The Hall–Kier alpha value is -2.78. The van der Waals surface area contributed by atoms with Gasteiger partial charge < -0.3 is 20.1 Å². The zero-order valence-corrected chi connectivity index (χ0v) is 15.4. The number of fused-ring (bicyclic) bond motifs is 1. The number of rotatable bonds is 7. The Bertz CT molecular complexity index is 913. The summed E-state index contributed by atoms with van der Waals surface area (Å²) in [4.78, 5) is 11.9. The lowest BCUT2D eigenvalue weighted by molar-refractivity contribution is 0.174. The maximum atomic E-state index is 11.8. The van der Waals surface area contributed by atoms with Gasteiger partial charge in [-0.3, -0.25) is 0 Å². The molecular formula is C18H21N3O5S. The second-order valence-corrected chi connectivity index (χ2v) is 7.62. The van der Waals surface area contributed by atoms with Gasteiger partial charge >= 0.3 is 6.03 Å². The molecule has 0 bridgehead atoms. The Morgan fingerprint density at radius 3 is 2.19 bits per heavy atom. The van der Waals surface area contributed by atoms with Gasteiger partial charge in [0.15, 0.2) is 11.5 Å². The van der Waals surface area contributed by atoms with Gasteiger partial charge in [0.1, 0.15) is 0 Å². The van der Waals surface area contributed by atoms with E-state index in [1.165, 1.54) is 12.1 Å². The van der Waals surface area contributed by atoms with E-state index in [1.807, 2.05) is 18.2 Å². The van der Waals surface area contributed by atoms with Gasteiger partial charge in [-0.05, 0) is 48.2 Å². The van der Waals surface area contributed by atoms with Crippen LogP contribution < -0.4 is 25.2 Å². The molecule has 4 N–H and O–H groups in total. The van der Waals surface area contributed by atoms with Gasteiger partial charge in [-0.2, -0.15) is 0 Å². The third kappa shape index (κ3) is 5.35. The van der Waals surface area contributed by atoms with Crippen molar-refractivity contribution in [2.75, 3.05) is 19.9 Å². The average molecular weight is 391 g/mol. The van der Waals surface area contributed by atoms with Gasteiger partial charge in [-0.15, -0.1) is 0 Å². The van der Waals surface area contributed by atoms with E-state index in [9.17, 15) is 13.2 Å². The molecule has 0 aromatic heterocycles. The van der Waals surface area contributed by atoms with Gasteiger partial charge in [-0.25, -0.2) is 18.4 Å². The van der Waals surface area contributed by atoms with Crippen LogP contribution in [0.2, 0.25) is 0 Å². The molecule has 2 amide bonds. The van der Waals surface area contributed by atoms with Crippen molar-refractivity contribution in [2.24, 2.45) is 5.14 Å². The van der Waals surface area contributed by atoms with Crippen LogP contribution in [0.4, 0.5) is 4.79 Å². The lowest BCUT2D eigenvalue weighted by Gasteiger charge is -2.08. The molecule has 1 aliphatic heterocycles. The zero-order valence-electron chi connectivity index (χ0n) is 14.6. The molecule has 9 heteroatoms. The monoisotopic (exact) mass is 391 g/mol. The number of amides is 2. The van der Waals surface area contributed by atoms with Crippen LogP contribution in [0.15, 0.2) is 47.4 Å². The fourth-order valence-corrected chi connectivity index (χ4v) is 3.16. The number of ether oxygens (including phenoxy) is 2. The first-order valence-corrected chi connectivity index (χ1v) is 9.98. The molecule has 8 nitrogen and oxygen atoms in total. The summed E-state index contributed by atoms with van der Waals surface area (Å²) in [6.07, 6.45) is 1.26. The second kappa shape index (κ2) is 8.28. The number of carbonyl (C=O) groups is 1. The van der Waals surface area contributed by atoms with Crippen LogP contribution in [0.3, 0.4) is 0 Å². The zero-order chi connectivity index (χ0) is 19.3. The molecule has 3 rings (SSSR count). The van der Waals surface area contributed by atoms with Gasteiger partial charge in [0.2, 0.25) is 16.8 Å². The molecule has 0 spiro atoms. The molecule has 1 aliphatic rings. The fourth-order valence-electron chi connectivity index (χ4n) is 2.65. The van der Waals surface area contributed by atoms with E-state index >= 15 is 0 Å². The van der Waals surface area contributed by atoms with E-state index in [1.54, 1.807) is 12.1 Å². The van der Waals surface area contributed by atoms with Crippen molar-refractivity contribution in [2.45, 2.75) is 17.7 Å². The standard InChI is InChI=1S/C18H21N3O5S/c19-27(23,24)15-4-1-13(2-5-15)7-9-20-18(22)21-10-8-14-3-6-16-17(11-14)26-12-25-16/h1-6,11H,7-10,12H2,(H2,19,23,24)(H2,20,21,22). The van der Waals surface area contributed by atoms with E-state index in [2.05, 4.69) is 10.6 Å². The van der Waals surface area contributed by atoms with E-state index < -0.39 is 10.0 Å². The number of nitrogens with one attached hydrogen (secondary N) is 2. The summed E-state index contributed by atoms with van der Waals surface area (Å²) >= 11 is 0. The molecule has 144 valence electrons. The lowest BCUT2D eigenvalue weighted by Crippen LogP contribution is -2.37. The Morgan fingerprint density at radius 2 is 1.52 bits per heavy atom. The molecule has 0 atom stereocenters. The fraction of sp³-hybridized carbons (Fsp3) is 0.278. The van der Waals surface area contributed by atoms with Crippen LogP contribution in [0, 0.1) is 0 Å². The first kappa shape index (κ1) is 19.0. The van der Waals surface area contributed by atoms with Gasteiger partial charge in [-0.1, -0.05) is 18.2 Å². The first-order valence-electron chi connectivity index (χ1n) is 8.44. The van der Waals surface area contributed by atoms with Crippen molar-refractivity contribution in [1.82, 2.24) is 10.6 Å². The third-order valence-corrected chi connectivity index (χ3v) is 5.02. The van der Waals surface area contributed by atoms with Gasteiger partial charge in [0.25, 0.3) is 0 Å². The largest absolute Gasteiger partial charge is 0.454 e. The van der Waals surface area contributed by atoms with Crippen LogP contribution >= 0.6 is 0 Å². The van der Waals surface area contributed by atoms with Crippen molar-refractivity contribution in [3.63, 3.8) is 0 Å². The number of primary sulfonamides is 1. The molecule has 27 heavy (non-hydrogen) atoms. The van der Waals surface area contributed by atoms with Gasteiger partial charge in [0.05, 0.1) is 4.90 Å². The predicted octanol–water partition coefficient (Wildman–Crippen LogP) is 1.15. The highest BCUT2D eigenvalue weighted by atomic mass is 32.2. The Kier molecular flexibility index (Phi) is 5.82.